The van der Waals surface area contributed by atoms with Crippen molar-refractivity contribution in [2.24, 2.45) is 5.92 Å². The minimum Gasteiger partial charge on any atom is -0.481 e. The molecule has 0 aromatic carbocycles. The van der Waals surface area contributed by atoms with E-state index in [0.29, 0.717) is 19.5 Å². The van der Waals surface area contributed by atoms with Gasteiger partial charge in [0.25, 0.3) is 0 Å². The van der Waals surface area contributed by atoms with Crippen LogP contribution in [0.1, 0.15) is 19.8 Å². The van der Waals surface area contributed by atoms with Crippen molar-refractivity contribution in [2.45, 2.75) is 25.8 Å². The van der Waals surface area contributed by atoms with Crippen molar-refractivity contribution in [3.8, 4) is 0 Å². The predicted octanol–water partition coefficient (Wildman–Crippen LogP) is 0.213. The summed E-state index contributed by atoms with van der Waals surface area (Å²) in [6.45, 7) is 7.00. The number of aliphatic carboxylic acids is 1. The molecule has 2 rings (SSSR count). The number of carboxylic acid groups (broad SMARTS) is 1. The van der Waals surface area contributed by atoms with Gasteiger partial charge < -0.3 is 20.1 Å². The first kappa shape index (κ1) is 16.0. The maximum atomic E-state index is 12.2. The molecule has 2 amide bonds. The molecule has 7 heteroatoms. The summed E-state index contributed by atoms with van der Waals surface area (Å²) in [5.74, 6) is -1.24. The zero-order chi connectivity index (χ0) is 15.2. The molecule has 120 valence electrons. The molecule has 2 aliphatic rings. The maximum Gasteiger partial charge on any atom is 0.317 e. The molecule has 7 nitrogen and oxygen atoms in total. The number of ether oxygens (including phenoxy) is 1. The van der Waals surface area contributed by atoms with Crippen LogP contribution in [0.25, 0.3) is 0 Å². The molecule has 21 heavy (non-hydrogen) atoms. The minimum atomic E-state index is -0.811. The molecule has 0 spiro atoms. The first-order valence-electron chi connectivity index (χ1n) is 7.64. The zero-order valence-electron chi connectivity index (χ0n) is 12.6. The Kier molecular flexibility index (Phi) is 5.81. The Bertz CT molecular complexity index is 371. The molecule has 0 aliphatic carbocycles. The van der Waals surface area contributed by atoms with Gasteiger partial charge in [-0.2, -0.15) is 0 Å². The number of nitrogens with zero attached hydrogens (tertiary/aromatic N) is 2. The molecular weight excluding hydrogens is 274 g/mol. The van der Waals surface area contributed by atoms with Crippen LogP contribution in [0.3, 0.4) is 0 Å². The highest BCUT2D eigenvalue weighted by Crippen LogP contribution is 2.16. The highest BCUT2D eigenvalue weighted by molar-refractivity contribution is 5.76. The van der Waals surface area contributed by atoms with Crippen LogP contribution in [0.5, 0.6) is 0 Å². The first-order valence-corrected chi connectivity index (χ1v) is 7.64. The van der Waals surface area contributed by atoms with Crippen molar-refractivity contribution in [1.82, 2.24) is 15.1 Å². The van der Waals surface area contributed by atoms with Gasteiger partial charge >= 0.3 is 12.0 Å². The number of carbonyl (C=O) groups is 2. The van der Waals surface area contributed by atoms with Crippen LogP contribution in [0.2, 0.25) is 0 Å². The van der Waals surface area contributed by atoms with Crippen LogP contribution in [-0.2, 0) is 9.53 Å². The lowest BCUT2D eigenvalue weighted by Crippen LogP contribution is -2.52. The van der Waals surface area contributed by atoms with Gasteiger partial charge in [-0.05, 0) is 19.8 Å². The molecule has 0 aromatic rings. The van der Waals surface area contributed by atoms with Crippen LogP contribution < -0.4 is 5.32 Å². The highest BCUT2D eigenvalue weighted by atomic mass is 16.5. The van der Waals surface area contributed by atoms with Gasteiger partial charge in [0, 0.05) is 38.8 Å². The van der Waals surface area contributed by atoms with Crippen LogP contribution in [0.4, 0.5) is 4.79 Å². The predicted molar refractivity (Wildman–Crippen MR) is 77.2 cm³/mol. The third-order valence-corrected chi connectivity index (χ3v) is 4.06. The molecule has 2 heterocycles. The van der Waals surface area contributed by atoms with Crippen LogP contribution in [0.15, 0.2) is 0 Å². The van der Waals surface area contributed by atoms with E-state index in [1.54, 1.807) is 4.90 Å². The molecule has 2 saturated heterocycles. The Morgan fingerprint density at radius 1 is 1.33 bits per heavy atom. The number of amides is 2. The fourth-order valence-corrected chi connectivity index (χ4v) is 2.88. The monoisotopic (exact) mass is 299 g/mol. The minimum absolute atomic E-state index is 0.0424. The Balaban J connectivity index is 1.75. The Morgan fingerprint density at radius 3 is 2.71 bits per heavy atom. The van der Waals surface area contributed by atoms with E-state index >= 15 is 0 Å². The number of morpholine rings is 1. The summed E-state index contributed by atoms with van der Waals surface area (Å²) in [4.78, 5) is 27.1. The molecular formula is C14H25N3O4. The average molecular weight is 299 g/mol. The number of rotatable bonds is 4. The van der Waals surface area contributed by atoms with Gasteiger partial charge in [-0.1, -0.05) is 0 Å². The van der Waals surface area contributed by atoms with Crippen molar-refractivity contribution >= 4 is 12.0 Å². The van der Waals surface area contributed by atoms with Gasteiger partial charge in [-0.15, -0.1) is 0 Å². The lowest BCUT2D eigenvalue weighted by atomic mass is 9.99. The van der Waals surface area contributed by atoms with Gasteiger partial charge in [0.05, 0.1) is 19.1 Å². The SMILES string of the molecule is CC(CN1CCOCC1)NC(=O)N1CCCC(C(=O)O)C1. The third-order valence-electron chi connectivity index (χ3n) is 4.06. The van der Waals surface area contributed by atoms with Gasteiger partial charge in [0.2, 0.25) is 0 Å². The molecule has 0 saturated carbocycles. The second-order valence-corrected chi connectivity index (χ2v) is 5.89. The van der Waals surface area contributed by atoms with E-state index in [1.165, 1.54) is 0 Å². The standard InChI is InChI=1S/C14H25N3O4/c1-11(9-16-5-7-21-8-6-16)15-14(20)17-4-2-3-12(10-17)13(18)19/h11-12H,2-10H2,1H3,(H,15,20)(H,18,19). The summed E-state index contributed by atoms with van der Waals surface area (Å²) < 4.78 is 5.30. The summed E-state index contributed by atoms with van der Waals surface area (Å²) in [6.07, 6.45) is 1.41. The van der Waals surface area contributed by atoms with E-state index in [2.05, 4.69) is 10.2 Å². The number of hydrogen-bond acceptors (Lipinski definition) is 4. The van der Waals surface area contributed by atoms with Crippen molar-refractivity contribution in [2.75, 3.05) is 45.9 Å². The average Bonchev–Trinajstić information content (AvgIpc) is 2.48. The molecule has 0 radical (unpaired) electrons. The zero-order valence-corrected chi connectivity index (χ0v) is 12.6. The first-order chi connectivity index (χ1) is 10.1. The Labute approximate surface area is 125 Å². The van der Waals surface area contributed by atoms with E-state index in [0.717, 1.165) is 39.3 Å². The molecule has 2 N–H and O–H groups in total. The fraction of sp³-hybridized carbons (Fsp3) is 0.857. The van der Waals surface area contributed by atoms with Crippen molar-refractivity contribution in [3.05, 3.63) is 0 Å². The third kappa shape index (κ3) is 4.86. The fourth-order valence-electron chi connectivity index (χ4n) is 2.88. The normalized spacial score (nSPS) is 25.4. The van der Waals surface area contributed by atoms with Gasteiger partial charge in [0.15, 0.2) is 0 Å². The Hall–Kier alpha value is -1.34. The highest BCUT2D eigenvalue weighted by Gasteiger charge is 2.28. The maximum absolute atomic E-state index is 12.2. The summed E-state index contributed by atoms with van der Waals surface area (Å²) in [6, 6.07) is -0.109. The Morgan fingerprint density at radius 2 is 2.05 bits per heavy atom. The molecule has 2 atom stereocenters. The summed E-state index contributed by atoms with van der Waals surface area (Å²) >= 11 is 0. The van der Waals surface area contributed by atoms with Crippen LogP contribution in [-0.4, -0.2) is 78.9 Å². The number of carbonyl (C=O) groups excluding carboxylic acids is 1. The quantitative estimate of drug-likeness (QED) is 0.775. The lowest BCUT2D eigenvalue weighted by Gasteiger charge is -2.33. The van der Waals surface area contributed by atoms with Gasteiger partial charge in [-0.3, -0.25) is 9.69 Å². The topological polar surface area (TPSA) is 82.1 Å². The van der Waals surface area contributed by atoms with Crippen LogP contribution in [0, 0.1) is 5.92 Å². The largest absolute Gasteiger partial charge is 0.481 e. The second-order valence-electron chi connectivity index (χ2n) is 5.89. The smallest absolute Gasteiger partial charge is 0.317 e. The van der Waals surface area contributed by atoms with E-state index < -0.39 is 11.9 Å². The molecule has 2 unspecified atom stereocenters. The van der Waals surface area contributed by atoms with E-state index in [9.17, 15) is 9.59 Å². The van der Waals surface area contributed by atoms with E-state index in [-0.39, 0.29) is 12.1 Å². The molecule has 0 aromatic heterocycles. The number of likely N-dealkylation sites (tertiary alicyclic amines) is 1. The number of nitrogens with one attached hydrogen (secondary N) is 1. The number of piperidine rings is 1. The van der Waals surface area contributed by atoms with E-state index in [1.807, 2.05) is 6.92 Å². The molecule has 2 aliphatic heterocycles. The van der Waals surface area contributed by atoms with Crippen molar-refractivity contribution in [1.29, 1.82) is 0 Å². The van der Waals surface area contributed by atoms with E-state index in [4.69, 9.17) is 9.84 Å². The summed E-state index contributed by atoms with van der Waals surface area (Å²) in [7, 11) is 0. The number of urea groups is 1. The second kappa shape index (κ2) is 7.61. The summed E-state index contributed by atoms with van der Waals surface area (Å²) in [5, 5.41) is 12.0. The summed E-state index contributed by atoms with van der Waals surface area (Å²) in [5.41, 5.74) is 0. The van der Waals surface area contributed by atoms with Crippen LogP contribution >= 0.6 is 0 Å². The van der Waals surface area contributed by atoms with Gasteiger partial charge in [0.1, 0.15) is 0 Å². The van der Waals surface area contributed by atoms with Gasteiger partial charge in [-0.25, -0.2) is 4.79 Å². The molecule has 0 bridgehead atoms. The van der Waals surface area contributed by atoms with Crippen molar-refractivity contribution in [3.63, 3.8) is 0 Å². The number of hydrogen-bond donors (Lipinski definition) is 2. The number of carboxylic acids is 1. The lowest BCUT2D eigenvalue weighted by molar-refractivity contribution is -0.143. The molecule has 2 fully saturated rings. The van der Waals surface area contributed by atoms with Crippen molar-refractivity contribution < 1.29 is 19.4 Å².